The molecule has 2 aromatic heterocycles. The topological polar surface area (TPSA) is 65.2 Å². The van der Waals surface area contributed by atoms with E-state index in [1.807, 2.05) is 30.7 Å². The molecule has 0 N–H and O–H groups in total. The Hall–Kier alpha value is -2.58. The fourth-order valence-corrected chi connectivity index (χ4v) is 4.78. The maximum absolute atomic E-state index is 13.0. The predicted octanol–water partition coefficient (Wildman–Crippen LogP) is 3.29. The lowest BCUT2D eigenvalue weighted by Gasteiger charge is -2.27. The molecule has 7 nitrogen and oxygen atoms in total. The number of ether oxygens (including phenoxy) is 1. The van der Waals surface area contributed by atoms with Gasteiger partial charge in [-0.1, -0.05) is 42.1 Å². The van der Waals surface area contributed by atoms with Crippen LogP contribution in [0, 0.1) is 13.8 Å². The van der Waals surface area contributed by atoms with E-state index in [0.717, 1.165) is 54.1 Å². The van der Waals surface area contributed by atoms with Crippen molar-refractivity contribution in [2.75, 3.05) is 37.0 Å². The molecular formula is C23H29N5O2S. The molecule has 0 amide bonds. The minimum Gasteiger partial charge on any atom is -0.378 e. The van der Waals surface area contributed by atoms with Gasteiger partial charge in [0.25, 0.3) is 0 Å². The van der Waals surface area contributed by atoms with Crippen LogP contribution >= 0.6 is 11.8 Å². The smallest absolute Gasteiger partial charge is 0.227 e. The molecule has 1 fully saturated rings. The van der Waals surface area contributed by atoms with Crippen LogP contribution in [-0.2, 0) is 24.8 Å². The lowest BCUT2D eigenvalue weighted by atomic mass is 10.1. The Bertz CT molecular complexity index is 1040. The molecule has 3 aromatic rings. The molecule has 0 radical (unpaired) electrons. The van der Waals surface area contributed by atoms with Crippen LogP contribution < -0.4 is 4.90 Å². The van der Waals surface area contributed by atoms with Gasteiger partial charge in [-0.15, -0.1) is 10.2 Å². The second kappa shape index (κ2) is 9.70. The van der Waals surface area contributed by atoms with E-state index in [0.29, 0.717) is 19.0 Å². The Kier molecular flexibility index (Phi) is 6.77. The molecular weight excluding hydrogens is 410 g/mol. The second-order valence-electron chi connectivity index (χ2n) is 7.82. The van der Waals surface area contributed by atoms with Gasteiger partial charge in [0.05, 0.1) is 19.0 Å². The lowest BCUT2D eigenvalue weighted by Crippen LogP contribution is -2.37. The number of hydrogen-bond acceptors (Lipinski definition) is 6. The first-order valence-electron chi connectivity index (χ1n) is 10.6. The Labute approximate surface area is 187 Å². The van der Waals surface area contributed by atoms with Crippen LogP contribution in [0.4, 0.5) is 5.95 Å². The van der Waals surface area contributed by atoms with E-state index in [1.165, 1.54) is 17.3 Å². The first-order chi connectivity index (χ1) is 15.0. The standard InChI is InChI=1S/C23H29N5O2S/c1-17-15-20(18(2)28(17)10-9-19-7-5-4-6-8-19)21(29)16-31-23-25-24-22(26(23)3)27-11-13-30-14-12-27/h4-8,15H,9-14,16H2,1-3H3. The predicted molar refractivity (Wildman–Crippen MR) is 123 cm³/mol. The van der Waals surface area contributed by atoms with Gasteiger partial charge in [-0.25, -0.2) is 0 Å². The van der Waals surface area contributed by atoms with E-state index in [2.05, 4.69) is 50.9 Å². The molecule has 0 atom stereocenters. The average Bonchev–Trinajstić information content (AvgIpc) is 3.30. The van der Waals surface area contributed by atoms with Crippen molar-refractivity contribution in [3.05, 3.63) is 58.9 Å². The summed E-state index contributed by atoms with van der Waals surface area (Å²) in [5.41, 5.74) is 4.26. The van der Waals surface area contributed by atoms with Crippen LogP contribution in [0.2, 0.25) is 0 Å². The minimum absolute atomic E-state index is 0.125. The number of nitrogens with zero attached hydrogens (tertiary/aromatic N) is 5. The van der Waals surface area contributed by atoms with Crippen LogP contribution in [0.1, 0.15) is 27.3 Å². The van der Waals surface area contributed by atoms with E-state index in [4.69, 9.17) is 4.74 Å². The third-order valence-corrected chi connectivity index (χ3v) is 6.80. The molecule has 1 aliphatic rings. The van der Waals surface area contributed by atoms with Crippen LogP contribution in [0.5, 0.6) is 0 Å². The number of carbonyl (C=O) groups is 1. The fraction of sp³-hybridized carbons (Fsp3) is 0.435. The molecule has 1 aliphatic heterocycles. The van der Waals surface area contributed by atoms with Gasteiger partial charge < -0.3 is 14.2 Å². The molecule has 3 heterocycles. The molecule has 8 heteroatoms. The van der Waals surface area contributed by atoms with Crippen molar-refractivity contribution >= 4 is 23.5 Å². The van der Waals surface area contributed by atoms with Crippen molar-refractivity contribution in [3.8, 4) is 0 Å². The summed E-state index contributed by atoms with van der Waals surface area (Å²) in [6.45, 7) is 8.00. The zero-order chi connectivity index (χ0) is 21.8. The number of ketones is 1. The van der Waals surface area contributed by atoms with Gasteiger partial charge in [0.2, 0.25) is 5.95 Å². The van der Waals surface area contributed by atoms with Gasteiger partial charge in [0.15, 0.2) is 10.9 Å². The third-order valence-electron chi connectivity index (χ3n) is 5.78. The molecule has 164 valence electrons. The summed E-state index contributed by atoms with van der Waals surface area (Å²) in [5, 5.41) is 9.38. The first kappa shape index (κ1) is 21.6. The van der Waals surface area contributed by atoms with Crippen molar-refractivity contribution in [1.29, 1.82) is 0 Å². The highest BCUT2D eigenvalue weighted by molar-refractivity contribution is 7.99. The third kappa shape index (κ3) is 4.85. The maximum Gasteiger partial charge on any atom is 0.227 e. The number of hydrogen-bond donors (Lipinski definition) is 0. The number of morpholine rings is 1. The van der Waals surface area contributed by atoms with Crippen LogP contribution in [0.25, 0.3) is 0 Å². The summed E-state index contributed by atoms with van der Waals surface area (Å²) in [6.07, 6.45) is 0.947. The highest BCUT2D eigenvalue weighted by Gasteiger charge is 2.20. The molecule has 0 aliphatic carbocycles. The second-order valence-corrected chi connectivity index (χ2v) is 8.77. The van der Waals surface area contributed by atoms with Crippen molar-refractivity contribution in [3.63, 3.8) is 0 Å². The van der Waals surface area contributed by atoms with E-state index in [9.17, 15) is 4.79 Å². The molecule has 0 unspecified atom stereocenters. The Balaban J connectivity index is 1.39. The number of thioether (sulfide) groups is 1. The van der Waals surface area contributed by atoms with Crippen molar-refractivity contribution in [2.45, 2.75) is 32.0 Å². The van der Waals surface area contributed by atoms with Gasteiger partial charge in [0.1, 0.15) is 0 Å². The van der Waals surface area contributed by atoms with Crippen LogP contribution in [0.15, 0.2) is 41.6 Å². The molecule has 0 bridgehead atoms. The normalized spacial score (nSPS) is 14.2. The summed E-state index contributed by atoms with van der Waals surface area (Å²) in [5.74, 6) is 1.30. The summed E-state index contributed by atoms with van der Waals surface area (Å²) in [6, 6.07) is 12.5. The average molecular weight is 440 g/mol. The van der Waals surface area contributed by atoms with Gasteiger partial charge in [-0.2, -0.15) is 0 Å². The highest BCUT2D eigenvalue weighted by Crippen LogP contribution is 2.24. The monoisotopic (exact) mass is 439 g/mol. The quantitative estimate of drug-likeness (QED) is 0.396. The number of aromatic nitrogens is 4. The Morgan fingerprint density at radius 1 is 1.13 bits per heavy atom. The fourth-order valence-electron chi connectivity index (χ4n) is 3.99. The number of carbonyl (C=O) groups excluding carboxylic acids is 1. The molecule has 1 aromatic carbocycles. The van der Waals surface area contributed by atoms with Gasteiger partial charge in [-0.3, -0.25) is 9.36 Å². The number of anilines is 1. The molecule has 1 saturated heterocycles. The van der Waals surface area contributed by atoms with Crippen molar-refractivity contribution < 1.29 is 9.53 Å². The zero-order valence-electron chi connectivity index (χ0n) is 18.4. The lowest BCUT2D eigenvalue weighted by molar-refractivity contribution is 0.102. The first-order valence-corrected chi connectivity index (χ1v) is 11.6. The molecule has 0 spiro atoms. The molecule has 4 rings (SSSR count). The largest absolute Gasteiger partial charge is 0.378 e. The highest BCUT2D eigenvalue weighted by atomic mass is 32.2. The number of aryl methyl sites for hydroxylation is 2. The summed E-state index contributed by atoms with van der Waals surface area (Å²) in [7, 11) is 1.95. The summed E-state index contributed by atoms with van der Waals surface area (Å²) < 4.78 is 9.61. The van der Waals surface area contributed by atoms with Crippen LogP contribution in [-0.4, -0.2) is 57.2 Å². The molecule has 0 saturated carbocycles. The van der Waals surface area contributed by atoms with Gasteiger partial charge in [0, 0.05) is 43.6 Å². The van der Waals surface area contributed by atoms with Crippen molar-refractivity contribution in [1.82, 2.24) is 19.3 Å². The van der Waals surface area contributed by atoms with Gasteiger partial charge >= 0.3 is 0 Å². The van der Waals surface area contributed by atoms with Crippen molar-refractivity contribution in [2.24, 2.45) is 7.05 Å². The van der Waals surface area contributed by atoms with Gasteiger partial charge in [-0.05, 0) is 31.9 Å². The van der Waals surface area contributed by atoms with E-state index in [-0.39, 0.29) is 5.78 Å². The maximum atomic E-state index is 13.0. The Morgan fingerprint density at radius 2 is 1.87 bits per heavy atom. The number of rotatable bonds is 8. The summed E-state index contributed by atoms with van der Waals surface area (Å²) >= 11 is 1.44. The molecule has 31 heavy (non-hydrogen) atoms. The Morgan fingerprint density at radius 3 is 2.61 bits per heavy atom. The SMILES string of the molecule is Cc1cc(C(=O)CSc2nnc(N3CCOCC3)n2C)c(C)n1CCc1ccccc1. The number of Topliss-reactive ketones (excluding diaryl/α,β-unsaturated/α-hetero) is 1. The zero-order valence-corrected chi connectivity index (χ0v) is 19.2. The van der Waals surface area contributed by atoms with E-state index < -0.39 is 0 Å². The van der Waals surface area contributed by atoms with Crippen LogP contribution in [0.3, 0.4) is 0 Å². The number of benzene rings is 1. The van der Waals surface area contributed by atoms with E-state index >= 15 is 0 Å². The van der Waals surface area contributed by atoms with E-state index in [1.54, 1.807) is 0 Å². The summed E-state index contributed by atoms with van der Waals surface area (Å²) in [4.78, 5) is 15.1. The minimum atomic E-state index is 0.125.